The Balaban J connectivity index is 2.10. The zero-order valence-corrected chi connectivity index (χ0v) is 20.2. The molecule has 1 aliphatic rings. The Bertz CT molecular complexity index is 669. The van der Waals surface area contributed by atoms with E-state index in [9.17, 15) is 15.0 Å². The number of carbonyl (C=O) groups is 1. The van der Waals surface area contributed by atoms with E-state index in [4.69, 9.17) is 9.47 Å². The second-order valence-corrected chi connectivity index (χ2v) is 9.20. The summed E-state index contributed by atoms with van der Waals surface area (Å²) >= 11 is 0. The maximum Gasteiger partial charge on any atom is 0.219 e. The van der Waals surface area contributed by atoms with Crippen LogP contribution in [0.15, 0.2) is 12.4 Å². The topological polar surface area (TPSA) is 100 Å². The molecule has 9 heteroatoms. The van der Waals surface area contributed by atoms with E-state index in [0.717, 1.165) is 37.9 Å². The Hall–Kier alpha value is -1.52. The van der Waals surface area contributed by atoms with Gasteiger partial charge < -0.3 is 24.6 Å². The summed E-state index contributed by atoms with van der Waals surface area (Å²) in [5, 5.41) is 25.4. The fraction of sp³-hybridized carbons (Fsp3) is 0.826. The predicted molar refractivity (Wildman–Crippen MR) is 122 cm³/mol. The average Bonchev–Trinajstić information content (AvgIpc) is 3.14. The first kappa shape index (κ1) is 26.7. The van der Waals surface area contributed by atoms with Crippen LogP contribution in [0.5, 0.6) is 0 Å². The molecule has 0 bridgehead atoms. The molecule has 32 heavy (non-hydrogen) atoms. The van der Waals surface area contributed by atoms with Gasteiger partial charge in [-0.3, -0.25) is 14.4 Å². The van der Waals surface area contributed by atoms with Crippen molar-refractivity contribution in [1.29, 1.82) is 0 Å². The van der Waals surface area contributed by atoms with Crippen molar-refractivity contribution in [3.63, 3.8) is 0 Å². The molecule has 184 valence electrons. The molecule has 9 nitrogen and oxygen atoms in total. The van der Waals surface area contributed by atoms with Gasteiger partial charge in [0.1, 0.15) is 18.3 Å². The van der Waals surface area contributed by atoms with Crippen molar-refractivity contribution < 1.29 is 24.5 Å². The number of carbonyl (C=O) groups excluding carboxylic acids is 1. The second kappa shape index (κ2) is 13.9. The molecule has 1 aromatic rings. The van der Waals surface area contributed by atoms with Crippen molar-refractivity contribution in [3.05, 3.63) is 18.0 Å². The molecular weight excluding hydrogens is 412 g/mol. The molecule has 0 aliphatic carbocycles. The minimum atomic E-state index is -1.13. The Kier molecular flexibility index (Phi) is 11.6. The van der Waals surface area contributed by atoms with Gasteiger partial charge in [-0.25, -0.2) is 0 Å². The lowest BCUT2D eigenvalue weighted by Crippen LogP contribution is -2.50. The van der Waals surface area contributed by atoms with E-state index < -0.39 is 18.3 Å². The van der Waals surface area contributed by atoms with Gasteiger partial charge in [0.15, 0.2) is 0 Å². The molecule has 0 radical (unpaired) electrons. The van der Waals surface area contributed by atoms with E-state index in [2.05, 4.69) is 23.8 Å². The van der Waals surface area contributed by atoms with Gasteiger partial charge in [0, 0.05) is 65.1 Å². The average molecular weight is 455 g/mol. The minimum Gasteiger partial charge on any atom is -0.388 e. The molecule has 1 saturated heterocycles. The molecule has 1 amide bonds. The molecule has 0 spiro atoms. The van der Waals surface area contributed by atoms with E-state index in [0.29, 0.717) is 32.2 Å². The van der Waals surface area contributed by atoms with Crippen LogP contribution >= 0.6 is 0 Å². The SMILES string of the molecule is CC(=O)N1CCN(Cc2cnn(C)c2)CCCCOC[C@@H](O)[C@@H](O)[C@H](OCCC(C)C)C1. The van der Waals surface area contributed by atoms with Gasteiger partial charge in [-0.15, -0.1) is 0 Å². The van der Waals surface area contributed by atoms with Crippen molar-refractivity contribution in [1.82, 2.24) is 19.6 Å². The van der Waals surface area contributed by atoms with Gasteiger partial charge >= 0.3 is 0 Å². The molecule has 2 N–H and O–H groups in total. The number of nitrogens with zero attached hydrogens (tertiary/aromatic N) is 4. The number of hydrogen-bond acceptors (Lipinski definition) is 7. The number of aryl methyl sites for hydroxylation is 1. The number of hydrogen-bond donors (Lipinski definition) is 2. The summed E-state index contributed by atoms with van der Waals surface area (Å²) < 4.78 is 13.4. The summed E-state index contributed by atoms with van der Waals surface area (Å²) in [5.74, 6) is 0.387. The summed E-state index contributed by atoms with van der Waals surface area (Å²) in [6, 6.07) is 0. The Morgan fingerprint density at radius 1 is 1.28 bits per heavy atom. The van der Waals surface area contributed by atoms with Crippen molar-refractivity contribution in [2.45, 2.75) is 64.9 Å². The first-order valence-electron chi connectivity index (χ1n) is 11.8. The highest BCUT2D eigenvalue weighted by molar-refractivity contribution is 5.73. The highest BCUT2D eigenvalue weighted by Crippen LogP contribution is 2.13. The third-order valence-electron chi connectivity index (χ3n) is 5.80. The van der Waals surface area contributed by atoms with Gasteiger partial charge in [-0.05, 0) is 31.7 Å². The Morgan fingerprint density at radius 2 is 2.06 bits per heavy atom. The normalized spacial score (nSPS) is 25.1. The molecule has 0 saturated carbocycles. The lowest BCUT2D eigenvalue weighted by atomic mass is 10.1. The smallest absolute Gasteiger partial charge is 0.219 e. The summed E-state index contributed by atoms with van der Waals surface area (Å²) in [4.78, 5) is 16.4. The van der Waals surface area contributed by atoms with Crippen LogP contribution in [-0.4, -0.2) is 100 Å². The molecule has 2 rings (SSSR count). The number of aliphatic hydroxyl groups is 2. The zero-order valence-electron chi connectivity index (χ0n) is 20.2. The van der Waals surface area contributed by atoms with Crippen LogP contribution in [0.1, 0.15) is 45.6 Å². The summed E-state index contributed by atoms with van der Waals surface area (Å²) in [5.41, 5.74) is 1.13. The van der Waals surface area contributed by atoms with E-state index >= 15 is 0 Å². The molecule has 0 unspecified atom stereocenters. The molecule has 2 heterocycles. The maximum atomic E-state index is 12.4. The van der Waals surface area contributed by atoms with Gasteiger partial charge in [0.05, 0.1) is 12.8 Å². The van der Waals surface area contributed by atoms with Crippen molar-refractivity contribution >= 4 is 5.91 Å². The van der Waals surface area contributed by atoms with E-state index in [1.165, 1.54) is 6.92 Å². The Labute approximate surface area is 192 Å². The molecule has 0 aromatic carbocycles. The summed E-state index contributed by atoms with van der Waals surface area (Å²) in [6.45, 7) is 9.88. The van der Waals surface area contributed by atoms with Crippen molar-refractivity contribution in [3.8, 4) is 0 Å². The fourth-order valence-electron chi connectivity index (χ4n) is 3.74. The standard InChI is InChI=1S/C23H42N4O5/c1-18(2)7-12-32-22-16-27(19(3)28)10-9-26(15-20-13-24-25(4)14-20)8-5-6-11-31-17-21(29)23(22)30/h13-14,18,21-23,29-30H,5-12,15-17H2,1-4H3/t21-,22-,23-/m1/s1. The predicted octanol–water partition coefficient (Wildman–Crippen LogP) is 1.03. The quantitative estimate of drug-likeness (QED) is 0.662. The lowest BCUT2D eigenvalue weighted by Gasteiger charge is -2.33. The monoisotopic (exact) mass is 454 g/mol. The van der Waals surface area contributed by atoms with Crippen LogP contribution in [0, 0.1) is 5.92 Å². The highest BCUT2D eigenvalue weighted by atomic mass is 16.5. The lowest BCUT2D eigenvalue weighted by molar-refractivity contribution is -0.140. The van der Waals surface area contributed by atoms with Crippen LogP contribution in [0.4, 0.5) is 0 Å². The van der Waals surface area contributed by atoms with Crippen molar-refractivity contribution in [2.75, 3.05) is 46.0 Å². The number of aromatic nitrogens is 2. The Morgan fingerprint density at radius 3 is 2.72 bits per heavy atom. The van der Waals surface area contributed by atoms with E-state index in [1.54, 1.807) is 9.58 Å². The van der Waals surface area contributed by atoms with Crippen LogP contribution in [0.2, 0.25) is 0 Å². The van der Waals surface area contributed by atoms with Gasteiger partial charge in [-0.1, -0.05) is 13.8 Å². The first-order valence-corrected chi connectivity index (χ1v) is 11.8. The van der Waals surface area contributed by atoms with E-state index in [-0.39, 0.29) is 19.1 Å². The number of rotatable bonds is 6. The van der Waals surface area contributed by atoms with Crippen LogP contribution in [-0.2, 0) is 27.9 Å². The van der Waals surface area contributed by atoms with Gasteiger partial charge in [0.2, 0.25) is 5.91 Å². The van der Waals surface area contributed by atoms with Crippen molar-refractivity contribution in [2.24, 2.45) is 13.0 Å². The molecule has 1 aliphatic heterocycles. The van der Waals surface area contributed by atoms with Crippen LogP contribution < -0.4 is 0 Å². The highest BCUT2D eigenvalue weighted by Gasteiger charge is 2.30. The summed E-state index contributed by atoms with van der Waals surface area (Å²) in [6.07, 6.45) is 3.66. The zero-order chi connectivity index (χ0) is 23.5. The molecule has 1 fully saturated rings. The molecule has 3 atom stereocenters. The van der Waals surface area contributed by atoms with Gasteiger partial charge in [-0.2, -0.15) is 5.10 Å². The fourth-order valence-corrected chi connectivity index (χ4v) is 3.74. The molecular formula is C23H42N4O5. The molecule has 1 aromatic heterocycles. The third kappa shape index (κ3) is 9.54. The van der Waals surface area contributed by atoms with Crippen LogP contribution in [0.25, 0.3) is 0 Å². The minimum absolute atomic E-state index is 0.0463. The number of ether oxygens (including phenoxy) is 2. The van der Waals surface area contributed by atoms with Crippen LogP contribution in [0.3, 0.4) is 0 Å². The number of amides is 1. The van der Waals surface area contributed by atoms with Gasteiger partial charge in [0.25, 0.3) is 0 Å². The largest absolute Gasteiger partial charge is 0.388 e. The first-order chi connectivity index (χ1) is 15.3. The second-order valence-electron chi connectivity index (χ2n) is 9.20. The number of aliphatic hydroxyl groups excluding tert-OH is 2. The van der Waals surface area contributed by atoms with E-state index in [1.807, 2.05) is 19.4 Å². The summed E-state index contributed by atoms with van der Waals surface area (Å²) in [7, 11) is 1.90. The maximum absolute atomic E-state index is 12.4. The third-order valence-corrected chi connectivity index (χ3v) is 5.80.